The van der Waals surface area contributed by atoms with Crippen molar-refractivity contribution < 1.29 is 9.59 Å². The van der Waals surface area contributed by atoms with Gasteiger partial charge in [0.25, 0.3) is 11.8 Å². The van der Waals surface area contributed by atoms with E-state index in [1.807, 2.05) is 32.9 Å². The molecule has 1 aliphatic rings. The van der Waals surface area contributed by atoms with Gasteiger partial charge < -0.3 is 0 Å². The Labute approximate surface area is 132 Å². The molecule has 2 aromatic heterocycles. The fourth-order valence-corrected chi connectivity index (χ4v) is 2.94. The van der Waals surface area contributed by atoms with Crippen LogP contribution in [0.25, 0.3) is 11.0 Å². The zero-order chi connectivity index (χ0) is 16.3. The summed E-state index contributed by atoms with van der Waals surface area (Å²) in [6.07, 6.45) is 1.43. The summed E-state index contributed by atoms with van der Waals surface area (Å²) in [5.74, 6) is -0.673. The standard InChI is InChI=1S/C17H14N4O2/c1-8-4-5-11(6-9(8)2)21-16(22)12-7-18-15-13(10(3)19-20-15)14(12)17(21)23/h4-7H,1-3H3,(H,18,19,20). The van der Waals surface area contributed by atoms with E-state index in [1.165, 1.54) is 11.1 Å². The van der Waals surface area contributed by atoms with Gasteiger partial charge in [-0.15, -0.1) is 0 Å². The molecule has 0 spiro atoms. The van der Waals surface area contributed by atoms with E-state index in [-0.39, 0.29) is 11.8 Å². The molecule has 0 saturated carbocycles. The molecular formula is C17H14N4O2. The monoisotopic (exact) mass is 306 g/mol. The van der Waals surface area contributed by atoms with E-state index in [1.54, 1.807) is 6.07 Å². The second-order valence-corrected chi connectivity index (χ2v) is 5.81. The summed E-state index contributed by atoms with van der Waals surface area (Å²) in [4.78, 5) is 31.0. The summed E-state index contributed by atoms with van der Waals surface area (Å²) >= 11 is 0. The van der Waals surface area contributed by atoms with Gasteiger partial charge in [0.05, 0.1) is 22.2 Å². The molecule has 0 fully saturated rings. The van der Waals surface area contributed by atoms with Gasteiger partial charge in [-0.1, -0.05) is 6.07 Å². The predicted molar refractivity (Wildman–Crippen MR) is 85.7 cm³/mol. The number of hydrogen-bond acceptors (Lipinski definition) is 4. The van der Waals surface area contributed by atoms with Crippen molar-refractivity contribution >= 4 is 28.5 Å². The molecule has 1 aliphatic heterocycles. The fraction of sp³-hybridized carbons (Fsp3) is 0.176. The van der Waals surface area contributed by atoms with Crippen LogP contribution in [0.4, 0.5) is 5.69 Å². The summed E-state index contributed by atoms with van der Waals surface area (Å²) in [6, 6.07) is 5.55. The van der Waals surface area contributed by atoms with Crippen LogP contribution in [0, 0.1) is 20.8 Å². The first-order chi connectivity index (χ1) is 11.0. The SMILES string of the molecule is Cc1ccc(N2C(=O)c3cnc4n[nH]c(C)c4c3C2=O)cc1C. The maximum Gasteiger partial charge on any atom is 0.267 e. The molecule has 23 heavy (non-hydrogen) atoms. The van der Waals surface area contributed by atoms with Crippen molar-refractivity contribution in [3.8, 4) is 0 Å². The fourth-order valence-electron chi connectivity index (χ4n) is 2.94. The lowest BCUT2D eigenvalue weighted by molar-refractivity contribution is 0.0926. The van der Waals surface area contributed by atoms with Crippen molar-refractivity contribution in [1.29, 1.82) is 0 Å². The summed E-state index contributed by atoms with van der Waals surface area (Å²) in [5.41, 5.74) is 4.60. The van der Waals surface area contributed by atoms with Crippen molar-refractivity contribution in [3.05, 3.63) is 52.3 Å². The Morgan fingerprint density at radius 3 is 2.57 bits per heavy atom. The molecule has 6 nitrogen and oxygen atoms in total. The quantitative estimate of drug-likeness (QED) is 0.701. The topological polar surface area (TPSA) is 79.0 Å². The minimum Gasteiger partial charge on any atom is -0.280 e. The highest BCUT2D eigenvalue weighted by molar-refractivity contribution is 6.37. The van der Waals surface area contributed by atoms with Crippen LogP contribution >= 0.6 is 0 Å². The Balaban J connectivity index is 1.94. The largest absolute Gasteiger partial charge is 0.280 e. The van der Waals surface area contributed by atoms with E-state index < -0.39 is 0 Å². The van der Waals surface area contributed by atoms with Crippen LogP contribution in [0.3, 0.4) is 0 Å². The third-order valence-corrected chi connectivity index (χ3v) is 4.36. The first-order valence-electron chi connectivity index (χ1n) is 7.28. The Hall–Kier alpha value is -3.02. The maximum atomic E-state index is 12.9. The lowest BCUT2D eigenvalue weighted by atomic mass is 10.1. The summed E-state index contributed by atoms with van der Waals surface area (Å²) in [5, 5.41) is 7.50. The molecule has 3 heterocycles. The van der Waals surface area contributed by atoms with Gasteiger partial charge in [-0.25, -0.2) is 9.88 Å². The van der Waals surface area contributed by atoms with E-state index in [0.29, 0.717) is 27.8 Å². The molecule has 2 amide bonds. The molecular weight excluding hydrogens is 292 g/mol. The second-order valence-electron chi connectivity index (χ2n) is 5.81. The zero-order valence-corrected chi connectivity index (χ0v) is 13.0. The first kappa shape index (κ1) is 13.6. The summed E-state index contributed by atoms with van der Waals surface area (Å²) in [7, 11) is 0. The summed E-state index contributed by atoms with van der Waals surface area (Å²) < 4.78 is 0. The molecule has 0 aliphatic carbocycles. The molecule has 0 bridgehead atoms. The normalized spacial score (nSPS) is 14.0. The predicted octanol–water partition coefficient (Wildman–Crippen LogP) is 2.68. The average Bonchev–Trinajstić information content (AvgIpc) is 3.02. The van der Waals surface area contributed by atoms with E-state index in [9.17, 15) is 9.59 Å². The van der Waals surface area contributed by atoms with Crippen molar-refractivity contribution in [2.24, 2.45) is 0 Å². The van der Waals surface area contributed by atoms with Gasteiger partial charge in [-0.05, 0) is 44.0 Å². The van der Waals surface area contributed by atoms with Crippen molar-refractivity contribution in [2.75, 3.05) is 4.90 Å². The molecule has 114 valence electrons. The van der Waals surface area contributed by atoms with Crippen LogP contribution in [-0.2, 0) is 0 Å². The van der Waals surface area contributed by atoms with Crippen molar-refractivity contribution in [2.45, 2.75) is 20.8 Å². The molecule has 0 radical (unpaired) electrons. The molecule has 3 aromatic rings. The molecule has 1 N–H and O–H groups in total. The molecule has 0 saturated heterocycles. The van der Waals surface area contributed by atoms with Crippen LogP contribution in [-0.4, -0.2) is 27.0 Å². The number of carbonyl (C=O) groups excluding carboxylic acids is 2. The number of aromatic amines is 1. The van der Waals surface area contributed by atoms with Crippen LogP contribution in [0.15, 0.2) is 24.4 Å². The number of H-pyrrole nitrogens is 1. The molecule has 4 rings (SSSR count). The molecule has 6 heteroatoms. The lowest BCUT2D eigenvalue weighted by Gasteiger charge is -2.15. The third kappa shape index (κ3) is 1.75. The van der Waals surface area contributed by atoms with E-state index in [2.05, 4.69) is 15.2 Å². The number of anilines is 1. The second kappa shape index (κ2) is 4.49. The number of imide groups is 1. The number of hydrogen-bond donors (Lipinski definition) is 1. The number of benzene rings is 1. The number of fused-ring (bicyclic) bond motifs is 3. The highest BCUT2D eigenvalue weighted by atomic mass is 16.2. The summed E-state index contributed by atoms with van der Waals surface area (Å²) in [6.45, 7) is 5.76. The Kier molecular flexibility index (Phi) is 2.66. The van der Waals surface area contributed by atoms with Gasteiger partial charge in [0.15, 0.2) is 5.65 Å². The number of aryl methyl sites for hydroxylation is 3. The van der Waals surface area contributed by atoms with Gasteiger partial charge in [0.1, 0.15) is 0 Å². The number of nitrogens with one attached hydrogen (secondary N) is 1. The van der Waals surface area contributed by atoms with Gasteiger partial charge in [-0.3, -0.25) is 14.7 Å². The number of pyridine rings is 1. The first-order valence-corrected chi connectivity index (χ1v) is 7.28. The molecule has 0 atom stereocenters. The van der Waals surface area contributed by atoms with Crippen LogP contribution in [0.2, 0.25) is 0 Å². The van der Waals surface area contributed by atoms with E-state index >= 15 is 0 Å². The number of nitrogens with zero attached hydrogens (tertiary/aromatic N) is 3. The van der Waals surface area contributed by atoms with Gasteiger partial charge in [-0.2, -0.15) is 5.10 Å². The highest BCUT2D eigenvalue weighted by Crippen LogP contribution is 2.33. The van der Waals surface area contributed by atoms with E-state index in [4.69, 9.17) is 0 Å². The van der Waals surface area contributed by atoms with Gasteiger partial charge >= 0.3 is 0 Å². The lowest BCUT2D eigenvalue weighted by Crippen LogP contribution is -2.29. The Morgan fingerprint density at radius 2 is 1.83 bits per heavy atom. The average molecular weight is 306 g/mol. The van der Waals surface area contributed by atoms with Crippen molar-refractivity contribution in [1.82, 2.24) is 15.2 Å². The van der Waals surface area contributed by atoms with E-state index in [0.717, 1.165) is 16.8 Å². The third-order valence-electron chi connectivity index (χ3n) is 4.36. The number of amides is 2. The Morgan fingerprint density at radius 1 is 1.04 bits per heavy atom. The van der Waals surface area contributed by atoms with Crippen LogP contribution < -0.4 is 4.90 Å². The van der Waals surface area contributed by atoms with Crippen molar-refractivity contribution in [3.63, 3.8) is 0 Å². The molecule has 0 unspecified atom stereocenters. The Bertz CT molecular complexity index is 1000. The number of carbonyl (C=O) groups is 2. The van der Waals surface area contributed by atoms with Crippen LogP contribution in [0.1, 0.15) is 37.5 Å². The minimum atomic E-state index is -0.344. The van der Waals surface area contributed by atoms with Crippen LogP contribution in [0.5, 0.6) is 0 Å². The smallest absolute Gasteiger partial charge is 0.267 e. The van der Waals surface area contributed by atoms with Gasteiger partial charge in [0.2, 0.25) is 0 Å². The number of rotatable bonds is 1. The highest BCUT2D eigenvalue weighted by Gasteiger charge is 2.39. The minimum absolute atomic E-state index is 0.324. The number of aromatic nitrogens is 3. The molecule has 1 aromatic carbocycles. The zero-order valence-electron chi connectivity index (χ0n) is 13.0. The maximum absolute atomic E-state index is 12.9. The van der Waals surface area contributed by atoms with Gasteiger partial charge in [0, 0.05) is 11.9 Å².